The molecule has 23 heavy (non-hydrogen) atoms. The molecule has 0 aliphatic heterocycles. The molecule has 116 valence electrons. The molecule has 3 rings (SSSR count). The van der Waals surface area contributed by atoms with Crippen molar-refractivity contribution in [2.75, 3.05) is 0 Å². The molecule has 1 heterocycles. The molecule has 0 spiro atoms. The van der Waals surface area contributed by atoms with E-state index in [0.717, 1.165) is 0 Å². The van der Waals surface area contributed by atoms with Crippen LogP contribution in [0.25, 0.3) is 11.3 Å². The van der Waals surface area contributed by atoms with E-state index in [9.17, 15) is 14.9 Å². The third kappa shape index (κ3) is 3.34. The number of nitrogens with zero attached hydrogens (tertiary/aromatic N) is 2. The first-order valence-corrected chi connectivity index (χ1v) is 6.85. The predicted octanol–water partition coefficient (Wildman–Crippen LogP) is 3.04. The molecular weight excluding hydrogens is 300 g/mol. The summed E-state index contributed by atoms with van der Waals surface area (Å²) in [6.07, 6.45) is 7.05. The Morgan fingerprint density at radius 1 is 1.26 bits per heavy atom. The fourth-order valence-electron chi connectivity index (χ4n) is 2.10. The average molecular weight is 312 g/mol. The predicted molar refractivity (Wildman–Crippen MR) is 80.2 cm³/mol. The van der Waals surface area contributed by atoms with Crippen LogP contribution in [0.2, 0.25) is 0 Å². The minimum atomic E-state index is -0.469. The first-order chi connectivity index (χ1) is 11.1. The zero-order valence-corrected chi connectivity index (χ0v) is 11.9. The van der Waals surface area contributed by atoms with Gasteiger partial charge >= 0.3 is 5.97 Å². The van der Waals surface area contributed by atoms with Gasteiger partial charge in [0.15, 0.2) is 12.4 Å². The van der Waals surface area contributed by atoms with Gasteiger partial charge in [0.05, 0.1) is 10.8 Å². The van der Waals surface area contributed by atoms with E-state index < -0.39 is 4.92 Å². The third-order valence-electron chi connectivity index (χ3n) is 3.31. The molecule has 1 aromatic heterocycles. The number of nitro benzene ring substituents is 1. The summed E-state index contributed by atoms with van der Waals surface area (Å²) in [4.78, 5) is 21.9. The van der Waals surface area contributed by atoms with E-state index in [4.69, 9.17) is 9.26 Å². The van der Waals surface area contributed by atoms with Gasteiger partial charge in [-0.05, 0) is 12.1 Å². The lowest BCUT2D eigenvalue weighted by molar-refractivity contribution is -0.384. The summed E-state index contributed by atoms with van der Waals surface area (Å²) in [7, 11) is 0. The van der Waals surface area contributed by atoms with E-state index in [0.29, 0.717) is 17.0 Å². The van der Waals surface area contributed by atoms with E-state index in [1.807, 2.05) is 0 Å². The maximum Gasteiger partial charge on any atom is 0.317 e. The topological polar surface area (TPSA) is 95.5 Å². The number of non-ortho nitro benzene ring substituents is 1. The summed E-state index contributed by atoms with van der Waals surface area (Å²) in [5.74, 6) is -0.312. The summed E-state index contributed by atoms with van der Waals surface area (Å²) >= 11 is 0. The van der Waals surface area contributed by atoms with E-state index in [2.05, 4.69) is 5.16 Å². The molecule has 0 N–H and O–H groups in total. The Kier molecular flexibility index (Phi) is 4.01. The Morgan fingerprint density at radius 2 is 1.96 bits per heavy atom. The minimum absolute atomic E-state index is 0.00377. The second-order valence-electron chi connectivity index (χ2n) is 4.89. The van der Waals surface area contributed by atoms with Crippen molar-refractivity contribution in [3.8, 4) is 11.3 Å². The van der Waals surface area contributed by atoms with Crippen LogP contribution in [0.4, 0.5) is 5.69 Å². The fourth-order valence-corrected chi connectivity index (χ4v) is 2.10. The molecule has 1 aliphatic carbocycles. The summed E-state index contributed by atoms with van der Waals surface area (Å²) < 4.78 is 10.3. The molecule has 0 amide bonds. The Labute approximate surface area is 131 Å². The number of nitro groups is 1. The Morgan fingerprint density at radius 3 is 2.61 bits per heavy atom. The van der Waals surface area contributed by atoms with Crippen molar-refractivity contribution < 1.29 is 19.0 Å². The van der Waals surface area contributed by atoms with Crippen LogP contribution in [0, 0.1) is 16.0 Å². The number of aromatic nitrogens is 1. The molecule has 1 aliphatic rings. The van der Waals surface area contributed by atoms with Gasteiger partial charge in [-0.3, -0.25) is 14.9 Å². The zero-order chi connectivity index (χ0) is 16.2. The number of esters is 1. The number of allylic oxidation sites excluding steroid dienone is 2. The number of hydrogen-bond acceptors (Lipinski definition) is 6. The molecule has 0 radical (unpaired) electrons. The lowest BCUT2D eigenvalue weighted by Gasteiger charge is -2.04. The monoisotopic (exact) mass is 312 g/mol. The van der Waals surface area contributed by atoms with Crippen molar-refractivity contribution >= 4 is 11.7 Å². The quantitative estimate of drug-likeness (QED) is 0.478. The first-order valence-electron chi connectivity index (χ1n) is 6.85. The van der Waals surface area contributed by atoms with Crippen molar-refractivity contribution in [2.45, 2.75) is 6.61 Å². The molecule has 0 bridgehead atoms. The molecule has 0 saturated carbocycles. The Balaban J connectivity index is 1.63. The van der Waals surface area contributed by atoms with Gasteiger partial charge < -0.3 is 9.26 Å². The van der Waals surface area contributed by atoms with E-state index in [1.54, 1.807) is 42.5 Å². The van der Waals surface area contributed by atoms with Gasteiger partial charge in [0.2, 0.25) is 0 Å². The van der Waals surface area contributed by atoms with Crippen LogP contribution < -0.4 is 0 Å². The van der Waals surface area contributed by atoms with E-state index in [1.165, 1.54) is 12.1 Å². The number of rotatable bonds is 5. The van der Waals surface area contributed by atoms with Crippen molar-refractivity contribution in [3.05, 3.63) is 70.5 Å². The maximum atomic E-state index is 11.7. The highest BCUT2D eigenvalue weighted by molar-refractivity contribution is 5.77. The standard InChI is InChI=1S/C16H12N2O5/c19-16(12-3-1-2-4-12)22-10-14-9-15(17-23-14)11-5-7-13(8-6-11)18(20)21/h1-9,12H,10H2. The van der Waals surface area contributed by atoms with Crippen LogP contribution >= 0.6 is 0 Å². The largest absolute Gasteiger partial charge is 0.457 e. The maximum absolute atomic E-state index is 11.7. The van der Waals surface area contributed by atoms with Crippen LogP contribution in [0.15, 0.2) is 59.2 Å². The van der Waals surface area contributed by atoms with Crippen molar-refractivity contribution in [1.82, 2.24) is 5.16 Å². The van der Waals surface area contributed by atoms with Crippen LogP contribution in [0.1, 0.15) is 5.76 Å². The first kappa shape index (κ1) is 14.7. The number of ether oxygens (including phenoxy) is 1. The highest BCUT2D eigenvalue weighted by atomic mass is 16.6. The minimum Gasteiger partial charge on any atom is -0.457 e. The average Bonchev–Trinajstić information content (AvgIpc) is 3.24. The van der Waals surface area contributed by atoms with Gasteiger partial charge in [0, 0.05) is 23.8 Å². The van der Waals surface area contributed by atoms with E-state index >= 15 is 0 Å². The summed E-state index contributed by atoms with van der Waals surface area (Å²) in [6.45, 7) is -0.0169. The summed E-state index contributed by atoms with van der Waals surface area (Å²) in [5.41, 5.74) is 1.20. The number of carbonyl (C=O) groups excluding carboxylic acids is 1. The van der Waals surface area contributed by atoms with Crippen molar-refractivity contribution in [1.29, 1.82) is 0 Å². The lowest BCUT2D eigenvalue weighted by atomic mass is 10.1. The molecule has 7 heteroatoms. The van der Waals surface area contributed by atoms with Crippen molar-refractivity contribution in [3.63, 3.8) is 0 Å². The fraction of sp³-hybridized carbons (Fsp3) is 0.125. The van der Waals surface area contributed by atoms with Gasteiger partial charge in [-0.25, -0.2) is 0 Å². The zero-order valence-electron chi connectivity index (χ0n) is 11.9. The highest BCUT2D eigenvalue weighted by Crippen LogP contribution is 2.22. The van der Waals surface area contributed by atoms with Gasteiger partial charge in [0.25, 0.3) is 5.69 Å². The highest BCUT2D eigenvalue weighted by Gasteiger charge is 2.17. The summed E-state index contributed by atoms with van der Waals surface area (Å²) in [6, 6.07) is 7.58. The van der Waals surface area contributed by atoms with Gasteiger partial charge in [0.1, 0.15) is 5.69 Å². The second-order valence-corrected chi connectivity index (χ2v) is 4.89. The smallest absolute Gasteiger partial charge is 0.317 e. The van der Waals surface area contributed by atoms with Gasteiger partial charge in [-0.15, -0.1) is 0 Å². The molecule has 1 aromatic carbocycles. The molecule has 0 fully saturated rings. The normalized spacial score (nSPS) is 13.4. The third-order valence-corrected chi connectivity index (χ3v) is 3.31. The molecule has 0 saturated heterocycles. The molecular formula is C16H12N2O5. The molecule has 7 nitrogen and oxygen atoms in total. The summed E-state index contributed by atoms with van der Waals surface area (Å²) in [5, 5.41) is 14.5. The van der Waals surface area contributed by atoms with Gasteiger partial charge in [-0.1, -0.05) is 29.5 Å². The van der Waals surface area contributed by atoms with Crippen LogP contribution in [-0.4, -0.2) is 16.0 Å². The lowest BCUT2D eigenvalue weighted by Crippen LogP contribution is -2.12. The van der Waals surface area contributed by atoms with Crippen LogP contribution in [-0.2, 0) is 16.1 Å². The SMILES string of the molecule is O=C(OCc1cc(-c2ccc([N+](=O)[O-])cc2)no1)C1C=CC=C1. The number of benzene rings is 1. The number of carbonyl (C=O) groups is 1. The molecule has 0 unspecified atom stereocenters. The van der Waals surface area contributed by atoms with Crippen LogP contribution in [0.5, 0.6) is 0 Å². The van der Waals surface area contributed by atoms with E-state index in [-0.39, 0.29) is 24.2 Å². The number of hydrogen-bond donors (Lipinski definition) is 0. The van der Waals surface area contributed by atoms with Crippen LogP contribution in [0.3, 0.4) is 0 Å². The van der Waals surface area contributed by atoms with Crippen molar-refractivity contribution in [2.24, 2.45) is 5.92 Å². The molecule has 0 atom stereocenters. The Bertz CT molecular complexity index is 777. The van der Waals surface area contributed by atoms with Gasteiger partial charge in [-0.2, -0.15) is 0 Å². The Hall–Kier alpha value is -3.22. The molecule has 2 aromatic rings. The second kappa shape index (κ2) is 6.27.